The molecule has 4 heteroatoms. The maximum absolute atomic E-state index is 12.6. The van der Waals surface area contributed by atoms with Crippen molar-refractivity contribution in [2.24, 2.45) is 5.92 Å². The minimum Gasteiger partial charge on any atom is -0.361 e. The molecule has 1 amide bonds. The van der Waals surface area contributed by atoms with Crippen LogP contribution in [0.5, 0.6) is 0 Å². The Balaban J connectivity index is 1.99. The number of fused-ring (bicyclic) bond motifs is 1. The van der Waals surface area contributed by atoms with Crippen molar-refractivity contribution < 1.29 is 4.79 Å². The summed E-state index contributed by atoms with van der Waals surface area (Å²) in [5.41, 5.74) is 4.71. The average molecular weight is 383 g/mol. The number of hydrogen-bond acceptors (Lipinski definition) is 1. The van der Waals surface area contributed by atoms with Crippen molar-refractivity contribution in [1.82, 2.24) is 10.3 Å². The highest BCUT2D eigenvalue weighted by atomic mass is 35.5. The van der Waals surface area contributed by atoms with Gasteiger partial charge in [-0.3, -0.25) is 4.79 Å². The number of para-hydroxylation sites is 1. The van der Waals surface area contributed by atoms with Gasteiger partial charge in [0.05, 0.1) is 0 Å². The molecule has 3 rings (SSSR count). The van der Waals surface area contributed by atoms with Crippen LogP contribution in [0.25, 0.3) is 10.9 Å². The van der Waals surface area contributed by atoms with Crippen molar-refractivity contribution in [3.8, 4) is 0 Å². The third-order valence-electron chi connectivity index (χ3n) is 4.96. The summed E-state index contributed by atoms with van der Waals surface area (Å²) in [6, 6.07) is 14.2. The van der Waals surface area contributed by atoms with Crippen LogP contribution in [0.3, 0.4) is 0 Å². The fourth-order valence-electron chi connectivity index (χ4n) is 3.50. The summed E-state index contributed by atoms with van der Waals surface area (Å²) in [6.07, 6.45) is 3.44. The largest absolute Gasteiger partial charge is 0.361 e. The van der Waals surface area contributed by atoms with Gasteiger partial charge in [-0.2, -0.15) is 0 Å². The lowest BCUT2D eigenvalue weighted by Crippen LogP contribution is -2.28. The van der Waals surface area contributed by atoms with Gasteiger partial charge in [0.1, 0.15) is 0 Å². The molecule has 0 saturated carbocycles. The van der Waals surface area contributed by atoms with E-state index in [-0.39, 0.29) is 11.8 Å². The zero-order valence-corrected chi connectivity index (χ0v) is 16.9. The Hall–Kier alpha value is -2.26. The lowest BCUT2D eigenvalue weighted by Gasteiger charge is -2.18. The molecule has 27 heavy (non-hydrogen) atoms. The van der Waals surface area contributed by atoms with Crippen molar-refractivity contribution in [2.45, 2.75) is 39.5 Å². The zero-order valence-electron chi connectivity index (χ0n) is 16.2. The predicted molar refractivity (Wildman–Crippen MR) is 113 cm³/mol. The van der Waals surface area contributed by atoms with Gasteiger partial charge >= 0.3 is 0 Å². The summed E-state index contributed by atoms with van der Waals surface area (Å²) in [5.74, 6) is 0.489. The van der Waals surface area contributed by atoms with Gasteiger partial charge in [-0.1, -0.05) is 62.7 Å². The van der Waals surface area contributed by atoms with Gasteiger partial charge in [-0.25, -0.2) is 0 Å². The highest BCUT2D eigenvalue weighted by Crippen LogP contribution is 2.35. The number of benzene rings is 2. The SMILES string of the molecule is CCc1cccc2c([C@@H](CC(=O)NCC(C)C)c3ccc(Cl)cc3)c[nH]c12. The van der Waals surface area contributed by atoms with Gasteiger partial charge in [0.25, 0.3) is 0 Å². The second kappa shape index (κ2) is 8.62. The normalized spacial score (nSPS) is 12.5. The Morgan fingerprint density at radius 2 is 1.89 bits per heavy atom. The van der Waals surface area contributed by atoms with E-state index < -0.39 is 0 Å². The van der Waals surface area contributed by atoms with E-state index in [2.05, 4.69) is 55.5 Å². The second-order valence-electron chi connectivity index (χ2n) is 7.44. The molecular formula is C23H27ClN2O. The minimum atomic E-state index is -0.0183. The molecule has 0 aliphatic carbocycles. The molecule has 0 aliphatic heterocycles. The molecule has 0 fully saturated rings. The van der Waals surface area contributed by atoms with E-state index in [9.17, 15) is 4.79 Å². The van der Waals surface area contributed by atoms with E-state index in [1.807, 2.05) is 24.3 Å². The predicted octanol–water partition coefficient (Wildman–Crippen LogP) is 5.68. The molecule has 0 bridgehead atoms. The monoisotopic (exact) mass is 382 g/mol. The Morgan fingerprint density at radius 1 is 1.15 bits per heavy atom. The number of aromatic amines is 1. The van der Waals surface area contributed by atoms with Crippen LogP contribution in [0.1, 0.15) is 49.8 Å². The molecule has 142 valence electrons. The maximum Gasteiger partial charge on any atom is 0.220 e. The van der Waals surface area contributed by atoms with Crippen LogP contribution in [-0.2, 0) is 11.2 Å². The maximum atomic E-state index is 12.6. The third kappa shape index (κ3) is 4.54. The van der Waals surface area contributed by atoms with Gasteiger partial charge in [0.2, 0.25) is 5.91 Å². The van der Waals surface area contributed by atoms with Crippen molar-refractivity contribution in [2.75, 3.05) is 6.54 Å². The number of rotatable bonds is 7. The van der Waals surface area contributed by atoms with Gasteiger partial charge in [-0.15, -0.1) is 0 Å². The van der Waals surface area contributed by atoms with Crippen LogP contribution < -0.4 is 5.32 Å². The Kier molecular flexibility index (Phi) is 6.22. The summed E-state index contributed by atoms with van der Waals surface area (Å²) < 4.78 is 0. The standard InChI is InChI=1S/C23H27ClN2O/c1-4-16-6-5-7-19-21(14-26-23(16)19)20(12-22(27)25-13-15(2)3)17-8-10-18(24)11-9-17/h5-11,14-15,20,26H,4,12-13H2,1-3H3,(H,25,27)/t20-/m0/s1. The summed E-state index contributed by atoms with van der Waals surface area (Å²) in [6.45, 7) is 7.05. The van der Waals surface area contributed by atoms with Gasteiger partial charge in [0, 0.05) is 41.0 Å². The lowest BCUT2D eigenvalue weighted by molar-refractivity contribution is -0.121. The number of halogens is 1. The first-order valence-corrected chi connectivity index (χ1v) is 9.98. The molecule has 0 aliphatic rings. The number of aromatic nitrogens is 1. The summed E-state index contributed by atoms with van der Waals surface area (Å²) in [4.78, 5) is 16.0. The molecular weight excluding hydrogens is 356 g/mol. The van der Waals surface area contributed by atoms with E-state index in [1.54, 1.807) is 0 Å². The molecule has 0 spiro atoms. The van der Waals surface area contributed by atoms with Crippen LogP contribution in [0, 0.1) is 5.92 Å². The van der Waals surface area contributed by atoms with E-state index >= 15 is 0 Å². The molecule has 3 nitrogen and oxygen atoms in total. The highest BCUT2D eigenvalue weighted by molar-refractivity contribution is 6.30. The molecule has 0 unspecified atom stereocenters. The number of amides is 1. The van der Waals surface area contributed by atoms with E-state index in [1.165, 1.54) is 10.9 Å². The molecule has 0 radical (unpaired) electrons. The Labute approximate surface area is 166 Å². The van der Waals surface area contributed by atoms with Crippen LogP contribution in [0.15, 0.2) is 48.7 Å². The Bertz CT molecular complexity index is 912. The molecule has 1 aromatic heterocycles. The average Bonchev–Trinajstić information content (AvgIpc) is 3.09. The van der Waals surface area contributed by atoms with E-state index in [0.29, 0.717) is 23.9 Å². The fraction of sp³-hybridized carbons (Fsp3) is 0.348. The van der Waals surface area contributed by atoms with Gasteiger partial charge in [-0.05, 0) is 41.2 Å². The lowest BCUT2D eigenvalue weighted by atomic mass is 9.87. The number of aryl methyl sites for hydroxylation is 1. The first kappa shape index (κ1) is 19.5. The van der Waals surface area contributed by atoms with Gasteiger partial charge < -0.3 is 10.3 Å². The molecule has 2 N–H and O–H groups in total. The number of H-pyrrole nitrogens is 1. The molecule has 2 aromatic carbocycles. The Morgan fingerprint density at radius 3 is 2.56 bits per heavy atom. The highest BCUT2D eigenvalue weighted by Gasteiger charge is 2.22. The van der Waals surface area contributed by atoms with Crippen molar-refractivity contribution >= 4 is 28.4 Å². The van der Waals surface area contributed by atoms with Crippen LogP contribution in [0.4, 0.5) is 0 Å². The number of nitrogens with one attached hydrogen (secondary N) is 2. The van der Waals surface area contributed by atoms with Crippen LogP contribution in [-0.4, -0.2) is 17.4 Å². The number of carbonyl (C=O) groups is 1. The van der Waals surface area contributed by atoms with Gasteiger partial charge in [0.15, 0.2) is 0 Å². The second-order valence-corrected chi connectivity index (χ2v) is 7.88. The minimum absolute atomic E-state index is 0.0183. The molecule has 3 aromatic rings. The molecule has 1 heterocycles. The van der Waals surface area contributed by atoms with Crippen molar-refractivity contribution in [3.05, 3.63) is 70.4 Å². The van der Waals surface area contributed by atoms with Crippen LogP contribution in [0.2, 0.25) is 5.02 Å². The summed E-state index contributed by atoms with van der Waals surface area (Å²) in [5, 5.41) is 4.94. The van der Waals surface area contributed by atoms with E-state index in [4.69, 9.17) is 11.6 Å². The number of carbonyl (C=O) groups excluding carboxylic acids is 1. The third-order valence-corrected chi connectivity index (χ3v) is 5.21. The summed E-state index contributed by atoms with van der Waals surface area (Å²) in [7, 11) is 0. The van der Waals surface area contributed by atoms with E-state index in [0.717, 1.165) is 23.1 Å². The summed E-state index contributed by atoms with van der Waals surface area (Å²) >= 11 is 6.08. The zero-order chi connectivity index (χ0) is 19.4. The smallest absolute Gasteiger partial charge is 0.220 e. The first-order chi connectivity index (χ1) is 13.0. The van der Waals surface area contributed by atoms with Crippen molar-refractivity contribution in [3.63, 3.8) is 0 Å². The van der Waals surface area contributed by atoms with Crippen molar-refractivity contribution in [1.29, 1.82) is 0 Å². The molecule has 1 atom stereocenters. The first-order valence-electron chi connectivity index (χ1n) is 9.60. The van der Waals surface area contributed by atoms with Crippen LogP contribution >= 0.6 is 11.6 Å². The molecule has 0 saturated heterocycles. The quantitative estimate of drug-likeness (QED) is 0.542. The number of hydrogen-bond donors (Lipinski definition) is 2. The topological polar surface area (TPSA) is 44.9 Å². The fourth-order valence-corrected chi connectivity index (χ4v) is 3.63.